The molecule has 0 spiro atoms. The Morgan fingerprint density at radius 2 is 1.72 bits per heavy atom. The van der Waals surface area contributed by atoms with Crippen LogP contribution in [0.15, 0.2) is 48.5 Å². The third-order valence-electron chi connectivity index (χ3n) is 4.56. The molecule has 5 heteroatoms. The van der Waals surface area contributed by atoms with Crippen LogP contribution in [0.5, 0.6) is 5.75 Å². The van der Waals surface area contributed by atoms with Crippen molar-refractivity contribution >= 4 is 11.8 Å². The van der Waals surface area contributed by atoms with E-state index in [4.69, 9.17) is 4.74 Å². The fraction of sp³-hybridized carbons (Fsp3) is 0.417. The molecule has 0 aliphatic carbocycles. The molecular formula is C24H32N2O3. The molecule has 156 valence electrons. The first kappa shape index (κ1) is 22.5. The van der Waals surface area contributed by atoms with E-state index >= 15 is 0 Å². The van der Waals surface area contributed by atoms with Crippen LogP contribution in [-0.4, -0.2) is 34.9 Å². The summed E-state index contributed by atoms with van der Waals surface area (Å²) in [6.07, 6.45) is 0. The summed E-state index contributed by atoms with van der Waals surface area (Å²) < 4.78 is 5.81. The minimum atomic E-state index is -0.621. The van der Waals surface area contributed by atoms with Crippen molar-refractivity contribution in [3.8, 4) is 5.75 Å². The quantitative estimate of drug-likeness (QED) is 0.769. The van der Waals surface area contributed by atoms with Gasteiger partial charge in [-0.15, -0.1) is 0 Å². The van der Waals surface area contributed by atoms with E-state index in [9.17, 15) is 9.59 Å². The summed E-state index contributed by atoms with van der Waals surface area (Å²) in [6, 6.07) is 14.9. The molecule has 5 nitrogen and oxygen atoms in total. The third kappa shape index (κ3) is 6.93. The molecule has 29 heavy (non-hydrogen) atoms. The number of nitrogens with one attached hydrogen (secondary N) is 1. The average molecular weight is 397 g/mol. The number of amides is 2. The number of aryl methyl sites for hydroxylation is 2. The summed E-state index contributed by atoms with van der Waals surface area (Å²) in [5.74, 6) is 0.268. The lowest BCUT2D eigenvalue weighted by atomic mass is 10.1. The summed E-state index contributed by atoms with van der Waals surface area (Å²) in [7, 11) is 0. The van der Waals surface area contributed by atoms with Crippen LogP contribution in [0.2, 0.25) is 0 Å². The first-order valence-corrected chi connectivity index (χ1v) is 9.92. The van der Waals surface area contributed by atoms with Gasteiger partial charge in [-0.3, -0.25) is 9.59 Å². The maximum Gasteiger partial charge on any atom is 0.261 e. The molecule has 0 aromatic heterocycles. The van der Waals surface area contributed by atoms with Crippen LogP contribution in [0.3, 0.4) is 0 Å². The molecule has 1 N–H and O–H groups in total. The zero-order chi connectivity index (χ0) is 21.6. The van der Waals surface area contributed by atoms with Crippen LogP contribution >= 0.6 is 0 Å². The summed E-state index contributed by atoms with van der Waals surface area (Å²) in [6.45, 7) is 11.7. The maximum absolute atomic E-state index is 13.0. The molecule has 2 aromatic rings. The van der Waals surface area contributed by atoms with Crippen LogP contribution < -0.4 is 10.1 Å². The normalized spacial score (nSPS) is 12.2. The molecule has 0 saturated heterocycles. The Labute approximate surface area is 174 Å². The molecule has 2 amide bonds. The van der Waals surface area contributed by atoms with E-state index in [2.05, 4.69) is 5.32 Å². The van der Waals surface area contributed by atoms with Gasteiger partial charge < -0.3 is 15.0 Å². The van der Waals surface area contributed by atoms with E-state index in [1.54, 1.807) is 11.8 Å². The van der Waals surface area contributed by atoms with Gasteiger partial charge in [0.2, 0.25) is 5.91 Å². The number of hydrogen-bond acceptors (Lipinski definition) is 3. The number of carbonyl (C=O) groups is 2. The predicted octanol–water partition coefficient (Wildman–Crippen LogP) is 4.01. The highest BCUT2D eigenvalue weighted by Crippen LogP contribution is 2.19. The fourth-order valence-corrected chi connectivity index (χ4v) is 2.92. The number of carbonyl (C=O) groups excluding carboxylic acids is 2. The molecule has 0 radical (unpaired) electrons. The van der Waals surface area contributed by atoms with Crippen molar-refractivity contribution in [2.45, 2.75) is 59.7 Å². The number of ether oxygens (including phenoxy) is 1. The second-order valence-electron chi connectivity index (χ2n) is 8.48. The Balaban J connectivity index is 2.17. The lowest BCUT2D eigenvalue weighted by molar-refractivity contribution is -0.142. The molecule has 1 unspecified atom stereocenters. The Hall–Kier alpha value is -2.82. The highest BCUT2D eigenvalue weighted by atomic mass is 16.5. The second-order valence-corrected chi connectivity index (χ2v) is 8.48. The molecule has 0 aliphatic rings. The van der Waals surface area contributed by atoms with E-state index in [0.29, 0.717) is 12.3 Å². The molecular weight excluding hydrogens is 364 g/mol. The number of hydrogen-bond donors (Lipinski definition) is 1. The largest absolute Gasteiger partial charge is 0.483 e. The number of nitrogens with zero attached hydrogens (tertiary/aromatic N) is 1. The van der Waals surface area contributed by atoms with Gasteiger partial charge in [-0.1, -0.05) is 42.5 Å². The van der Waals surface area contributed by atoms with Crippen LogP contribution in [0.1, 0.15) is 44.4 Å². The lowest BCUT2D eigenvalue weighted by Gasteiger charge is -2.31. The summed E-state index contributed by atoms with van der Waals surface area (Å²) in [5.41, 5.74) is 2.62. The van der Waals surface area contributed by atoms with Crippen molar-refractivity contribution in [1.82, 2.24) is 10.2 Å². The van der Waals surface area contributed by atoms with E-state index in [-0.39, 0.29) is 24.0 Å². The van der Waals surface area contributed by atoms with Crippen LogP contribution in [0.25, 0.3) is 0 Å². The highest BCUT2D eigenvalue weighted by Gasteiger charge is 2.28. The first-order chi connectivity index (χ1) is 13.6. The topological polar surface area (TPSA) is 58.6 Å². The van der Waals surface area contributed by atoms with Gasteiger partial charge in [0.05, 0.1) is 0 Å². The van der Waals surface area contributed by atoms with E-state index < -0.39 is 6.04 Å². The standard InChI is InChI=1S/C24H32N2O3/c1-17-12-13-18(2)21(14-17)29-16-22(27)26(15-20-10-8-7-9-11-20)19(3)23(28)25-24(4,5)6/h7-14,19H,15-16H2,1-6H3,(H,25,28). The third-order valence-corrected chi connectivity index (χ3v) is 4.56. The molecule has 1 atom stereocenters. The van der Waals surface area contributed by atoms with E-state index in [1.165, 1.54) is 0 Å². The second kappa shape index (κ2) is 9.59. The molecule has 2 aromatic carbocycles. The van der Waals surface area contributed by atoms with Crippen molar-refractivity contribution in [3.63, 3.8) is 0 Å². The Bertz CT molecular complexity index is 841. The minimum absolute atomic E-state index is 0.121. The minimum Gasteiger partial charge on any atom is -0.483 e. The van der Waals surface area contributed by atoms with Gasteiger partial charge in [-0.2, -0.15) is 0 Å². The van der Waals surface area contributed by atoms with Crippen molar-refractivity contribution in [1.29, 1.82) is 0 Å². The van der Waals surface area contributed by atoms with Gasteiger partial charge in [-0.05, 0) is 64.3 Å². The Morgan fingerprint density at radius 1 is 1.07 bits per heavy atom. The Kier molecular flexibility index (Phi) is 7.43. The maximum atomic E-state index is 13.0. The van der Waals surface area contributed by atoms with Gasteiger partial charge in [0.25, 0.3) is 5.91 Å². The summed E-state index contributed by atoms with van der Waals surface area (Å²) in [5, 5.41) is 2.96. The zero-order valence-corrected chi connectivity index (χ0v) is 18.3. The monoisotopic (exact) mass is 396 g/mol. The van der Waals surface area contributed by atoms with Crippen molar-refractivity contribution in [3.05, 3.63) is 65.2 Å². The SMILES string of the molecule is Cc1ccc(C)c(OCC(=O)N(Cc2ccccc2)C(C)C(=O)NC(C)(C)C)c1. The van der Waals surface area contributed by atoms with Crippen LogP contribution in [0.4, 0.5) is 0 Å². The fourth-order valence-electron chi connectivity index (χ4n) is 2.92. The molecule has 0 heterocycles. The number of rotatable bonds is 7. The van der Waals surface area contributed by atoms with E-state index in [0.717, 1.165) is 16.7 Å². The lowest BCUT2D eigenvalue weighted by Crippen LogP contribution is -2.53. The molecule has 0 bridgehead atoms. The van der Waals surface area contributed by atoms with Gasteiger partial charge in [0.15, 0.2) is 6.61 Å². The molecule has 0 fully saturated rings. The van der Waals surface area contributed by atoms with Crippen LogP contribution in [0, 0.1) is 13.8 Å². The van der Waals surface area contributed by atoms with Gasteiger partial charge in [-0.25, -0.2) is 0 Å². The van der Waals surface area contributed by atoms with Gasteiger partial charge >= 0.3 is 0 Å². The van der Waals surface area contributed by atoms with Crippen LogP contribution in [-0.2, 0) is 16.1 Å². The smallest absolute Gasteiger partial charge is 0.261 e. The molecule has 0 aliphatic heterocycles. The average Bonchev–Trinajstić information content (AvgIpc) is 2.65. The van der Waals surface area contributed by atoms with Gasteiger partial charge in [0.1, 0.15) is 11.8 Å². The summed E-state index contributed by atoms with van der Waals surface area (Å²) in [4.78, 5) is 27.3. The highest BCUT2D eigenvalue weighted by molar-refractivity contribution is 5.88. The van der Waals surface area contributed by atoms with Crippen molar-refractivity contribution in [2.24, 2.45) is 0 Å². The Morgan fingerprint density at radius 3 is 2.34 bits per heavy atom. The predicted molar refractivity (Wildman–Crippen MR) is 116 cm³/mol. The zero-order valence-electron chi connectivity index (χ0n) is 18.3. The van der Waals surface area contributed by atoms with Crippen molar-refractivity contribution in [2.75, 3.05) is 6.61 Å². The van der Waals surface area contributed by atoms with Crippen molar-refractivity contribution < 1.29 is 14.3 Å². The van der Waals surface area contributed by atoms with Gasteiger partial charge in [0, 0.05) is 12.1 Å². The molecule has 2 rings (SSSR count). The van der Waals surface area contributed by atoms with E-state index in [1.807, 2.05) is 83.1 Å². The summed E-state index contributed by atoms with van der Waals surface area (Å²) >= 11 is 0. The molecule has 0 saturated carbocycles. The number of benzene rings is 2. The first-order valence-electron chi connectivity index (χ1n) is 9.92.